The molecule has 0 aliphatic carbocycles. The van der Waals surface area contributed by atoms with E-state index >= 15 is 0 Å². The van der Waals surface area contributed by atoms with E-state index in [2.05, 4.69) is 10.6 Å². The van der Waals surface area contributed by atoms with E-state index in [0.29, 0.717) is 31.6 Å². The first kappa shape index (κ1) is 32.7. The summed E-state index contributed by atoms with van der Waals surface area (Å²) >= 11 is 7.80. The summed E-state index contributed by atoms with van der Waals surface area (Å²) in [5, 5.41) is 36.4. The molecule has 39 heavy (non-hydrogen) atoms. The molecule has 1 amide bonds. The van der Waals surface area contributed by atoms with Gasteiger partial charge in [-0.15, -0.1) is 23.4 Å². The lowest BCUT2D eigenvalue weighted by molar-refractivity contribution is -0.205. The zero-order valence-corrected chi connectivity index (χ0v) is 24.2. The molecule has 2 unspecified atom stereocenters. The molecule has 3 saturated heterocycles. The zero-order chi connectivity index (χ0) is 28.9. The molecule has 3 heterocycles. The van der Waals surface area contributed by atoms with Gasteiger partial charge in [0.05, 0.1) is 17.5 Å². The van der Waals surface area contributed by atoms with Crippen LogP contribution in [0.3, 0.4) is 0 Å². The Labute approximate surface area is 240 Å². The van der Waals surface area contributed by atoms with Crippen LogP contribution in [-0.4, -0.2) is 100 Å². The van der Waals surface area contributed by atoms with E-state index in [4.69, 9.17) is 21.1 Å². The van der Waals surface area contributed by atoms with Crippen LogP contribution in [0.5, 0.6) is 0 Å². The van der Waals surface area contributed by atoms with Crippen LogP contribution >= 0.6 is 35.5 Å². The first-order valence-electron chi connectivity index (χ1n) is 12.6. The van der Waals surface area contributed by atoms with Gasteiger partial charge < -0.3 is 35.4 Å². The third-order valence-corrected chi connectivity index (χ3v) is 8.52. The lowest BCUT2D eigenvalue weighted by Gasteiger charge is -2.44. The molecule has 1 aromatic rings. The molecule has 5 N–H and O–H groups in total. The van der Waals surface area contributed by atoms with Crippen molar-refractivity contribution in [1.29, 1.82) is 0 Å². The monoisotopic (exact) mass is 616 g/mol. The number of fused-ring (bicyclic) bond motifs is 1. The van der Waals surface area contributed by atoms with Gasteiger partial charge in [0.15, 0.2) is 0 Å². The Morgan fingerprint density at radius 1 is 1.15 bits per heavy atom. The summed E-state index contributed by atoms with van der Waals surface area (Å²) < 4.78 is 49.6. The minimum atomic E-state index is -1.46. The molecule has 0 radical (unpaired) electrons. The first-order chi connectivity index (χ1) is 18.5. The summed E-state index contributed by atoms with van der Waals surface area (Å²) in [6, 6.07) is 1.97. The summed E-state index contributed by atoms with van der Waals surface area (Å²) in [5.41, 5.74) is -0.222. The molecule has 222 valence electrons. The van der Waals surface area contributed by atoms with Crippen molar-refractivity contribution in [3.63, 3.8) is 0 Å². The van der Waals surface area contributed by atoms with Gasteiger partial charge in [-0.1, -0.05) is 0 Å². The topological polar surface area (TPSA) is 120 Å². The third-order valence-electron chi connectivity index (χ3n) is 7.39. The Morgan fingerprint density at radius 3 is 2.38 bits per heavy atom. The molecular weight excluding hydrogens is 581 g/mol. The zero-order valence-electron chi connectivity index (χ0n) is 21.8. The van der Waals surface area contributed by atoms with Gasteiger partial charge in [0.25, 0.3) is 0 Å². The normalized spacial score (nSPS) is 36.1. The van der Waals surface area contributed by atoms with Crippen LogP contribution in [0.1, 0.15) is 31.2 Å². The molecule has 0 bridgehead atoms. The predicted molar refractivity (Wildman–Crippen MR) is 145 cm³/mol. The number of carbonyl (C=O) groups is 1. The van der Waals surface area contributed by atoms with Crippen molar-refractivity contribution < 1.29 is 42.3 Å². The Bertz CT molecular complexity index is 935. The molecule has 8 nitrogen and oxygen atoms in total. The van der Waals surface area contributed by atoms with Crippen molar-refractivity contribution in [1.82, 2.24) is 10.6 Å². The van der Waals surface area contributed by atoms with Gasteiger partial charge in [-0.25, -0.2) is 8.78 Å². The van der Waals surface area contributed by atoms with E-state index < -0.39 is 71.0 Å². The summed E-state index contributed by atoms with van der Waals surface area (Å²) in [6.45, 7) is 2.46. The highest BCUT2D eigenvalue weighted by Crippen LogP contribution is 2.37. The van der Waals surface area contributed by atoms with Crippen LogP contribution in [0, 0.1) is 17.6 Å². The van der Waals surface area contributed by atoms with E-state index in [9.17, 15) is 32.8 Å². The quantitative estimate of drug-likeness (QED) is 0.307. The summed E-state index contributed by atoms with van der Waals surface area (Å²) in [4.78, 5) is 13.3. The van der Waals surface area contributed by atoms with Gasteiger partial charge in [0, 0.05) is 43.5 Å². The Morgan fingerprint density at radius 2 is 1.79 bits per heavy atom. The van der Waals surface area contributed by atoms with Gasteiger partial charge in [0.1, 0.15) is 47.5 Å². The Balaban J connectivity index is 0.00000134. The number of aliphatic hydroxyl groups excluding tert-OH is 3. The van der Waals surface area contributed by atoms with Crippen molar-refractivity contribution in [3.8, 4) is 0 Å². The van der Waals surface area contributed by atoms with Crippen LogP contribution in [0.4, 0.5) is 12.7 Å². The number of rotatable bonds is 6. The fourth-order valence-corrected chi connectivity index (χ4v) is 6.38. The van der Waals surface area contributed by atoms with E-state index in [-0.39, 0.29) is 24.0 Å². The van der Waals surface area contributed by atoms with Gasteiger partial charge in [-0.05, 0) is 49.6 Å². The highest BCUT2D eigenvalue weighted by atomic mass is 35.5. The second kappa shape index (κ2) is 14.9. The average molecular weight is 617 g/mol. The molecule has 3 aliphatic heterocycles. The number of halogens is 4. The summed E-state index contributed by atoms with van der Waals surface area (Å²) in [7, 11) is 0. The van der Waals surface area contributed by atoms with Crippen molar-refractivity contribution >= 4 is 41.4 Å². The molecule has 14 heteroatoms. The molecule has 0 saturated carbocycles. The molecule has 0 spiro atoms. The standard InChI is InChI=1S/C24H33ClF2N2O6S.CH3FS/c1-10(25)16(22-19(31)18(30)20(32)24(35-22)36-2)29-23(33)17-21-13(9-28-17)5-11(3-4-34-21)12-6-14(26)8-15(27)7-12;1-3-2/h6-8,10-11,13,16-22,24,28,30-32H,3-5,9H2,1-2H3,(H,29,33);1H3/t10-,11-,13-,16+,17-,18+,19?,20+,21+,22+,24?;/m0./s1. The van der Waals surface area contributed by atoms with Crippen molar-refractivity contribution in [3.05, 3.63) is 35.4 Å². The highest BCUT2D eigenvalue weighted by Gasteiger charge is 2.49. The molecular formula is C25H36ClF3N2O6S2. The average Bonchev–Trinajstić information content (AvgIpc) is 3.15. The lowest BCUT2D eigenvalue weighted by Crippen LogP contribution is -2.65. The van der Waals surface area contributed by atoms with Crippen LogP contribution in [0.2, 0.25) is 0 Å². The van der Waals surface area contributed by atoms with E-state index in [1.807, 2.05) is 0 Å². The van der Waals surface area contributed by atoms with E-state index in [1.165, 1.54) is 30.2 Å². The number of benzene rings is 1. The van der Waals surface area contributed by atoms with Crippen molar-refractivity contribution in [2.45, 2.75) is 79.1 Å². The van der Waals surface area contributed by atoms with Crippen molar-refractivity contribution in [2.75, 3.05) is 25.7 Å². The van der Waals surface area contributed by atoms with E-state index in [0.717, 1.165) is 6.07 Å². The third kappa shape index (κ3) is 7.95. The fourth-order valence-electron chi connectivity index (χ4n) is 5.50. The smallest absolute Gasteiger partial charge is 0.240 e. The number of nitrogens with one attached hydrogen (secondary N) is 2. The second-order valence-corrected chi connectivity index (χ2v) is 11.9. The molecule has 3 aliphatic rings. The number of amides is 1. The molecule has 3 fully saturated rings. The summed E-state index contributed by atoms with van der Waals surface area (Å²) in [6.07, 6.45) is -1.46. The van der Waals surface area contributed by atoms with Gasteiger partial charge >= 0.3 is 0 Å². The summed E-state index contributed by atoms with van der Waals surface area (Å²) in [5.74, 6) is -1.80. The number of alkyl halides is 1. The maximum absolute atomic E-state index is 13.8. The maximum atomic E-state index is 13.8. The maximum Gasteiger partial charge on any atom is 0.240 e. The first-order valence-corrected chi connectivity index (χ1v) is 15.5. The molecule has 1 aromatic carbocycles. The Kier molecular flexibility index (Phi) is 12.5. The number of hydrogen-bond acceptors (Lipinski definition) is 9. The number of ether oxygens (including phenoxy) is 2. The number of carbonyl (C=O) groups excluding carboxylic acids is 1. The highest BCUT2D eigenvalue weighted by molar-refractivity contribution is 7.99. The van der Waals surface area contributed by atoms with Gasteiger partial charge in [-0.2, -0.15) is 3.89 Å². The largest absolute Gasteiger partial charge is 0.388 e. The minimum absolute atomic E-state index is 0.0548. The van der Waals surface area contributed by atoms with Crippen LogP contribution < -0.4 is 10.6 Å². The molecule has 11 atom stereocenters. The van der Waals surface area contributed by atoms with Crippen LogP contribution in [-0.2, 0) is 14.3 Å². The van der Waals surface area contributed by atoms with Crippen LogP contribution in [0.25, 0.3) is 0 Å². The number of aliphatic hydroxyl groups is 3. The lowest BCUT2D eigenvalue weighted by atomic mass is 9.85. The molecule has 0 aromatic heterocycles. The number of thioether (sulfide) groups is 1. The molecule has 4 rings (SSSR count). The predicted octanol–water partition coefficient (Wildman–Crippen LogP) is 2.33. The number of hydrogen-bond donors (Lipinski definition) is 5. The van der Waals surface area contributed by atoms with Crippen LogP contribution in [0.15, 0.2) is 18.2 Å². The SMILES string of the molecule is CSC1O[C@H]([C@H](NC(=O)[C@H]2NC[C@@H]3C[C@@H](c4cc(F)cc(F)c4)CCO[C@H]32)[C@H](C)Cl)C(O)[C@@H](O)[C@H]1O.CSF. The fraction of sp³-hybridized carbons (Fsp3) is 0.720. The second-order valence-electron chi connectivity index (χ2n) is 9.95. The van der Waals surface area contributed by atoms with E-state index in [1.54, 1.807) is 13.2 Å². The Hall–Kier alpha value is -0.770. The minimum Gasteiger partial charge on any atom is -0.388 e. The van der Waals surface area contributed by atoms with Gasteiger partial charge in [0.2, 0.25) is 5.91 Å². The van der Waals surface area contributed by atoms with Crippen molar-refractivity contribution in [2.24, 2.45) is 5.92 Å². The van der Waals surface area contributed by atoms with Gasteiger partial charge in [-0.3, -0.25) is 4.79 Å².